The maximum atomic E-state index is 12.6. The van der Waals surface area contributed by atoms with E-state index in [2.05, 4.69) is 0 Å². The van der Waals surface area contributed by atoms with Crippen molar-refractivity contribution in [1.29, 1.82) is 5.26 Å². The smallest absolute Gasteiger partial charge is 0.227 e. The average molecular weight is 332 g/mol. The predicted octanol–water partition coefficient (Wildman–Crippen LogP) is 1.78. The average Bonchev–Trinajstić information content (AvgIpc) is 2.53. The van der Waals surface area contributed by atoms with Crippen LogP contribution >= 0.6 is 0 Å². The highest BCUT2D eigenvalue weighted by Crippen LogP contribution is 2.22. The van der Waals surface area contributed by atoms with Gasteiger partial charge in [0.25, 0.3) is 0 Å². The highest BCUT2D eigenvalue weighted by atomic mass is 16.5. The second-order valence-corrected chi connectivity index (χ2v) is 6.50. The van der Waals surface area contributed by atoms with Gasteiger partial charge in [-0.1, -0.05) is 12.1 Å². The number of ether oxygens (including phenoxy) is 3. The first-order chi connectivity index (χ1) is 11.4. The van der Waals surface area contributed by atoms with Crippen LogP contribution in [0.2, 0.25) is 0 Å². The van der Waals surface area contributed by atoms with E-state index in [1.165, 1.54) is 0 Å². The lowest BCUT2D eigenvalue weighted by atomic mass is 10.0. The summed E-state index contributed by atoms with van der Waals surface area (Å²) in [5.74, 6) is 0.693. The van der Waals surface area contributed by atoms with Crippen molar-refractivity contribution in [3.05, 3.63) is 29.8 Å². The molecule has 0 radical (unpaired) electrons. The summed E-state index contributed by atoms with van der Waals surface area (Å²) in [6, 6.07) is 9.17. The normalized spacial score (nSPS) is 19.6. The molecule has 0 unspecified atom stereocenters. The second-order valence-electron chi connectivity index (χ2n) is 6.50. The first kappa shape index (κ1) is 18.2. The predicted molar refractivity (Wildman–Crippen MR) is 88.7 cm³/mol. The number of nitrogens with zero attached hydrogens (tertiary/aromatic N) is 2. The van der Waals surface area contributed by atoms with Gasteiger partial charge in [0.1, 0.15) is 11.8 Å². The molecule has 1 atom stereocenters. The minimum atomic E-state index is -0.383. The Kier molecular flexibility index (Phi) is 6.18. The van der Waals surface area contributed by atoms with Crippen LogP contribution in [0.5, 0.6) is 5.75 Å². The number of methoxy groups -OCH3 is 1. The SMILES string of the molecule is COC[C@@H]1CN(C(=O)Cc2ccc(OCC#N)cc2)CC(C)(C)O1. The van der Waals surface area contributed by atoms with E-state index in [1.807, 2.05) is 36.9 Å². The zero-order valence-corrected chi connectivity index (χ0v) is 14.4. The van der Waals surface area contributed by atoms with Gasteiger partial charge in [-0.15, -0.1) is 0 Å². The summed E-state index contributed by atoms with van der Waals surface area (Å²) < 4.78 is 16.3. The molecule has 1 fully saturated rings. The van der Waals surface area contributed by atoms with E-state index in [-0.39, 0.29) is 24.2 Å². The minimum absolute atomic E-state index is 0.0159. The van der Waals surface area contributed by atoms with E-state index in [0.717, 1.165) is 5.56 Å². The topological polar surface area (TPSA) is 71.8 Å². The summed E-state index contributed by atoms with van der Waals surface area (Å²) in [5, 5.41) is 8.50. The maximum Gasteiger partial charge on any atom is 0.227 e. The summed E-state index contributed by atoms with van der Waals surface area (Å²) in [6.07, 6.45) is 0.221. The van der Waals surface area contributed by atoms with Crippen molar-refractivity contribution in [3.8, 4) is 11.8 Å². The highest BCUT2D eigenvalue weighted by Gasteiger charge is 2.35. The lowest BCUT2D eigenvalue weighted by molar-refractivity contribution is -0.168. The highest BCUT2D eigenvalue weighted by molar-refractivity contribution is 5.79. The number of carbonyl (C=O) groups excluding carboxylic acids is 1. The van der Waals surface area contributed by atoms with Crippen molar-refractivity contribution in [3.63, 3.8) is 0 Å². The van der Waals surface area contributed by atoms with E-state index >= 15 is 0 Å². The van der Waals surface area contributed by atoms with Crippen LogP contribution in [-0.4, -0.2) is 55.9 Å². The third-order valence-electron chi connectivity index (χ3n) is 3.77. The van der Waals surface area contributed by atoms with E-state index in [4.69, 9.17) is 19.5 Å². The first-order valence-corrected chi connectivity index (χ1v) is 7.97. The molecule has 0 bridgehead atoms. The maximum absolute atomic E-state index is 12.6. The van der Waals surface area contributed by atoms with Crippen molar-refractivity contribution in [2.75, 3.05) is 33.4 Å². The van der Waals surface area contributed by atoms with Crippen LogP contribution in [0.1, 0.15) is 19.4 Å². The van der Waals surface area contributed by atoms with Crippen LogP contribution < -0.4 is 4.74 Å². The van der Waals surface area contributed by atoms with Gasteiger partial charge in [-0.05, 0) is 31.5 Å². The van der Waals surface area contributed by atoms with Gasteiger partial charge in [-0.25, -0.2) is 0 Å². The van der Waals surface area contributed by atoms with Crippen LogP contribution in [0.3, 0.4) is 0 Å². The van der Waals surface area contributed by atoms with Crippen molar-refractivity contribution in [2.45, 2.75) is 32.0 Å². The minimum Gasteiger partial charge on any atom is -0.479 e. The van der Waals surface area contributed by atoms with Gasteiger partial charge in [0.05, 0.1) is 24.7 Å². The number of carbonyl (C=O) groups is 1. The quantitative estimate of drug-likeness (QED) is 0.794. The largest absolute Gasteiger partial charge is 0.479 e. The number of morpholine rings is 1. The Bertz CT molecular complexity index is 592. The van der Waals surface area contributed by atoms with Crippen LogP contribution in [0.25, 0.3) is 0 Å². The first-order valence-electron chi connectivity index (χ1n) is 7.97. The summed E-state index contributed by atoms with van der Waals surface area (Å²) in [7, 11) is 1.63. The molecule has 130 valence electrons. The molecule has 2 rings (SSSR count). The molecule has 1 heterocycles. The van der Waals surface area contributed by atoms with E-state index in [0.29, 0.717) is 31.9 Å². The number of benzene rings is 1. The fourth-order valence-corrected chi connectivity index (χ4v) is 2.86. The van der Waals surface area contributed by atoms with Gasteiger partial charge < -0.3 is 19.1 Å². The van der Waals surface area contributed by atoms with Crippen molar-refractivity contribution < 1.29 is 19.0 Å². The molecule has 1 aliphatic heterocycles. The Morgan fingerprint density at radius 1 is 1.42 bits per heavy atom. The molecule has 1 aromatic rings. The van der Waals surface area contributed by atoms with E-state index in [9.17, 15) is 4.79 Å². The fourth-order valence-electron chi connectivity index (χ4n) is 2.86. The van der Waals surface area contributed by atoms with E-state index in [1.54, 1.807) is 19.2 Å². The molecule has 1 aromatic carbocycles. The van der Waals surface area contributed by atoms with Crippen LogP contribution in [0.4, 0.5) is 0 Å². The number of rotatable bonds is 6. The molecule has 0 N–H and O–H groups in total. The van der Waals surface area contributed by atoms with Gasteiger partial charge in [0.15, 0.2) is 6.61 Å². The standard InChI is InChI=1S/C18H24N2O4/c1-18(2)13-20(11-16(24-18)12-22-3)17(21)10-14-4-6-15(7-5-14)23-9-8-19/h4-7,16H,9-13H2,1-3H3/t16-/m0/s1. The van der Waals surface area contributed by atoms with Crippen molar-refractivity contribution in [2.24, 2.45) is 0 Å². The van der Waals surface area contributed by atoms with E-state index < -0.39 is 0 Å². The second kappa shape index (κ2) is 8.13. The molecule has 0 aromatic heterocycles. The summed E-state index contributed by atoms with van der Waals surface area (Å²) >= 11 is 0. The summed E-state index contributed by atoms with van der Waals surface area (Å²) in [4.78, 5) is 14.5. The number of hydrogen-bond donors (Lipinski definition) is 0. The third-order valence-corrected chi connectivity index (χ3v) is 3.77. The molecule has 0 spiro atoms. The lowest BCUT2D eigenvalue weighted by Crippen LogP contribution is -2.56. The Morgan fingerprint density at radius 3 is 2.75 bits per heavy atom. The Morgan fingerprint density at radius 2 is 2.12 bits per heavy atom. The van der Waals surface area contributed by atoms with Crippen LogP contribution in [-0.2, 0) is 20.7 Å². The Labute approximate surface area is 142 Å². The van der Waals surface area contributed by atoms with Gasteiger partial charge in [0.2, 0.25) is 5.91 Å². The van der Waals surface area contributed by atoms with Crippen LogP contribution in [0.15, 0.2) is 24.3 Å². The lowest BCUT2D eigenvalue weighted by Gasteiger charge is -2.42. The molecular formula is C18H24N2O4. The van der Waals surface area contributed by atoms with Crippen molar-refractivity contribution in [1.82, 2.24) is 4.90 Å². The van der Waals surface area contributed by atoms with Crippen LogP contribution in [0, 0.1) is 11.3 Å². The number of nitriles is 1. The van der Waals surface area contributed by atoms with Gasteiger partial charge >= 0.3 is 0 Å². The van der Waals surface area contributed by atoms with Gasteiger partial charge in [-0.3, -0.25) is 4.79 Å². The monoisotopic (exact) mass is 332 g/mol. The Hall–Kier alpha value is -2.10. The number of amides is 1. The zero-order chi connectivity index (χ0) is 17.6. The molecule has 1 saturated heterocycles. The third kappa shape index (κ3) is 5.22. The molecule has 0 aliphatic carbocycles. The molecule has 6 nitrogen and oxygen atoms in total. The molecule has 6 heteroatoms. The van der Waals surface area contributed by atoms with Gasteiger partial charge in [-0.2, -0.15) is 5.26 Å². The molecule has 1 amide bonds. The Balaban J connectivity index is 1.96. The molecule has 0 saturated carbocycles. The van der Waals surface area contributed by atoms with Crippen molar-refractivity contribution >= 4 is 5.91 Å². The molecule has 24 heavy (non-hydrogen) atoms. The van der Waals surface area contributed by atoms with Gasteiger partial charge in [0, 0.05) is 20.2 Å². The zero-order valence-electron chi connectivity index (χ0n) is 14.4. The molecule has 1 aliphatic rings. The molecular weight excluding hydrogens is 308 g/mol. The fraction of sp³-hybridized carbons (Fsp3) is 0.556. The summed E-state index contributed by atoms with van der Waals surface area (Å²) in [6.45, 7) is 5.56. The summed E-state index contributed by atoms with van der Waals surface area (Å²) in [5.41, 5.74) is 0.531. The number of hydrogen-bond acceptors (Lipinski definition) is 5.